The summed E-state index contributed by atoms with van der Waals surface area (Å²) in [7, 11) is 0. The number of nitrogens with one attached hydrogen (secondary N) is 1. The molecule has 3 aromatic rings. The number of nitrogens with zero attached hydrogens (tertiary/aromatic N) is 4. The van der Waals surface area contributed by atoms with Crippen LogP contribution in [0.25, 0.3) is 5.69 Å². The molecule has 126 valence electrons. The van der Waals surface area contributed by atoms with Crippen LogP contribution in [-0.2, 0) is 6.54 Å². The summed E-state index contributed by atoms with van der Waals surface area (Å²) in [4.78, 5) is 12.2. The van der Waals surface area contributed by atoms with E-state index in [0.717, 1.165) is 26.2 Å². The molecule has 0 bridgehead atoms. The highest BCUT2D eigenvalue weighted by Crippen LogP contribution is 2.26. The van der Waals surface area contributed by atoms with Gasteiger partial charge in [0.05, 0.1) is 12.0 Å². The summed E-state index contributed by atoms with van der Waals surface area (Å²) in [5.74, 6) is 0. The number of hydrogen-bond acceptors (Lipinski definition) is 5. The first-order valence-electron chi connectivity index (χ1n) is 7.80. The van der Waals surface area contributed by atoms with E-state index in [4.69, 9.17) is 0 Å². The van der Waals surface area contributed by atoms with E-state index < -0.39 is 0 Å². The molecule has 3 aromatic heterocycles. The summed E-state index contributed by atoms with van der Waals surface area (Å²) in [6.45, 7) is 4.07. The molecule has 24 heavy (non-hydrogen) atoms. The zero-order valence-corrected chi connectivity index (χ0v) is 14.8. The molecule has 0 spiro atoms. The lowest BCUT2D eigenvalue weighted by Gasteiger charge is -2.36. The average Bonchev–Trinajstić information content (AvgIpc) is 3.27. The second-order valence-corrected chi connectivity index (χ2v) is 6.71. The molecule has 4 heterocycles. The minimum atomic E-state index is 0. The van der Waals surface area contributed by atoms with E-state index in [2.05, 4.69) is 48.3 Å². The van der Waals surface area contributed by atoms with Crippen LogP contribution in [0.4, 0.5) is 0 Å². The second-order valence-electron chi connectivity index (χ2n) is 5.71. The van der Waals surface area contributed by atoms with Crippen LogP contribution in [0.1, 0.15) is 16.5 Å². The lowest BCUT2D eigenvalue weighted by Crippen LogP contribution is -2.45. The Bertz CT molecular complexity index is 743. The maximum atomic E-state index is 4.14. The number of pyridine rings is 1. The number of imidazole rings is 1. The highest BCUT2D eigenvalue weighted by atomic mass is 35.5. The van der Waals surface area contributed by atoms with Crippen molar-refractivity contribution in [1.82, 2.24) is 24.8 Å². The van der Waals surface area contributed by atoms with Gasteiger partial charge in [-0.2, -0.15) is 0 Å². The van der Waals surface area contributed by atoms with E-state index in [1.807, 2.05) is 42.5 Å². The predicted molar refractivity (Wildman–Crippen MR) is 98.9 cm³/mol. The minimum Gasteiger partial charge on any atom is -0.314 e. The maximum Gasteiger partial charge on any atom is 0.0991 e. The molecule has 1 aliphatic heterocycles. The summed E-state index contributed by atoms with van der Waals surface area (Å²) in [5, 5.41) is 5.70. The maximum absolute atomic E-state index is 4.14. The molecule has 1 aliphatic rings. The summed E-state index contributed by atoms with van der Waals surface area (Å²) in [5.41, 5.74) is 2.52. The molecule has 7 heteroatoms. The third-order valence-electron chi connectivity index (χ3n) is 4.25. The van der Waals surface area contributed by atoms with Gasteiger partial charge in [0.25, 0.3) is 0 Å². The molecular weight excluding hydrogens is 342 g/mol. The Morgan fingerprint density at radius 1 is 1.21 bits per heavy atom. The number of hydrogen-bond donors (Lipinski definition) is 1. The molecule has 4 rings (SSSR count). The summed E-state index contributed by atoms with van der Waals surface area (Å²) >= 11 is 1.82. The number of halogens is 1. The minimum absolute atomic E-state index is 0. The molecule has 5 nitrogen and oxygen atoms in total. The van der Waals surface area contributed by atoms with Crippen LogP contribution < -0.4 is 5.32 Å². The topological polar surface area (TPSA) is 46.0 Å². The highest BCUT2D eigenvalue weighted by Gasteiger charge is 2.24. The second kappa shape index (κ2) is 7.90. The van der Waals surface area contributed by atoms with Crippen LogP contribution in [0.5, 0.6) is 0 Å². The van der Waals surface area contributed by atoms with Crippen molar-refractivity contribution < 1.29 is 0 Å². The molecule has 0 radical (unpaired) electrons. The van der Waals surface area contributed by atoms with Gasteiger partial charge in [-0.25, -0.2) is 4.98 Å². The fourth-order valence-corrected chi connectivity index (χ4v) is 3.94. The quantitative estimate of drug-likeness (QED) is 0.776. The summed E-state index contributed by atoms with van der Waals surface area (Å²) in [6, 6.07) is 6.91. The molecule has 0 saturated carbocycles. The van der Waals surface area contributed by atoms with Gasteiger partial charge in [0, 0.05) is 67.3 Å². The van der Waals surface area contributed by atoms with Crippen LogP contribution >= 0.6 is 23.7 Å². The first kappa shape index (κ1) is 17.1. The zero-order chi connectivity index (χ0) is 15.5. The third kappa shape index (κ3) is 3.67. The van der Waals surface area contributed by atoms with Gasteiger partial charge in [-0.3, -0.25) is 9.88 Å². The molecule has 1 atom stereocenters. The molecule has 1 N–H and O–H groups in total. The van der Waals surface area contributed by atoms with Gasteiger partial charge in [0.1, 0.15) is 0 Å². The van der Waals surface area contributed by atoms with Crippen LogP contribution in [0.3, 0.4) is 0 Å². The van der Waals surface area contributed by atoms with Crippen LogP contribution in [-0.4, -0.2) is 39.1 Å². The van der Waals surface area contributed by atoms with Crippen molar-refractivity contribution in [2.75, 3.05) is 19.6 Å². The number of rotatable bonds is 4. The molecular formula is C17H20ClN5S. The standard InChI is InChI=1S/C17H19N5S.ClH/c1-3-18-4-2-14(1)17-10-19-5-7-21(17)11-16-9-15(12-23-16)22-8-6-20-13-22;/h1-4,6,8-9,12-13,17,19H,5,7,10-11H2;1H. The Morgan fingerprint density at radius 3 is 2.88 bits per heavy atom. The Balaban J connectivity index is 0.00000169. The van der Waals surface area contributed by atoms with Crippen molar-refractivity contribution in [2.24, 2.45) is 0 Å². The normalized spacial score (nSPS) is 18.2. The van der Waals surface area contributed by atoms with Gasteiger partial charge < -0.3 is 9.88 Å². The van der Waals surface area contributed by atoms with Crippen molar-refractivity contribution in [3.8, 4) is 5.69 Å². The lowest BCUT2D eigenvalue weighted by atomic mass is 10.0. The van der Waals surface area contributed by atoms with E-state index in [-0.39, 0.29) is 12.4 Å². The van der Waals surface area contributed by atoms with E-state index in [0.29, 0.717) is 6.04 Å². The zero-order valence-electron chi connectivity index (χ0n) is 13.2. The monoisotopic (exact) mass is 361 g/mol. The first-order valence-corrected chi connectivity index (χ1v) is 8.68. The van der Waals surface area contributed by atoms with Gasteiger partial charge in [0.2, 0.25) is 0 Å². The summed E-state index contributed by atoms with van der Waals surface area (Å²) in [6.07, 6.45) is 9.40. The Hall–Kier alpha value is -1.73. The first-order chi connectivity index (χ1) is 11.4. The molecule has 0 amide bonds. The SMILES string of the molecule is Cl.c1cc(C2CNCCN2Cc2cc(-n3ccnc3)cs2)ccn1. The largest absolute Gasteiger partial charge is 0.314 e. The molecule has 0 aromatic carbocycles. The van der Waals surface area contributed by atoms with Crippen molar-refractivity contribution in [3.05, 3.63) is 65.1 Å². The van der Waals surface area contributed by atoms with Gasteiger partial charge in [-0.15, -0.1) is 23.7 Å². The van der Waals surface area contributed by atoms with Crippen molar-refractivity contribution in [3.63, 3.8) is 0 Å². The van der Waals surface area contributed by atoms with E-state index in [9.17, 15) is 0 Å². The lowest BCUT2D eigenvalue weighted by molar-refractivity contribution is 0.155. The fraction of sp³-hybridized carbons (Fsp3) is 0.294. The van der Waals surface area contributed by atoms with E-state index in [1.165, 1.54) is 16.1 Å². The number of thiophene rings is 1. The van der Waals surface area contributed by atoms with Crippen molar-refractivity contribution >= 4 is 23.7 Å². The number of aromatic nitrogens is 3. The predicted octanol–water partition coefficient (Wildman–Crippen LogP) is 2.90. The number of piperazine rings is 1. The molecule has 1 fully saturated rings. The van der Waals surface area contributed by atoms with Crippen LogP contribution in [0, 0.1) is 0 Å². The van der Waals surface area contributed by atoms with Gasteiger partial charge in [-0.05, 0) is 23.8 Å². The van der Waals surface area contributed by atoms with Gasteiger partial charge in [0.15, 0.2) is 0 Å². The molecule has 0 aliphatic carbocycles. The fourth-order valence-electron chi connectivity index (χ4n) is 3.05. The van der Waals surface area contributed by atoms with E-state index in [1.54, 1.807) is 0 Å². The Morgan fingerprint density at radius 2 is 2.08 bits per heavy atom. The average molecular weight is 362 g/mol. The van der Waals surface area contributed by atoms with Crippen LogP contribution in [0.15, 0.2) is 54.7 Å². The highest BCUT2D eigenvalue weighted by molar-refractivity contribution is 7.10. The summed E-state index contributed by atoms with van der Waals surface area (Å²) < 4.78 is 2.05. The van der Waals surface area contributed by atoms with Crippen molar-refractivity contribution in [1.29, 1.82) is 0 Å². The van der Waals surface area contributed by atoms with Crippen LogP contribution in [0.2, 0.25) is 0 Å². The van der Waals surface area contributed by atoms with Crippen molar-refractivity contribution in [2.45, 2.75) is 12.6 Å². The third-order valence-corrected chi connectivity index (χ3v) is 5.16. The smallest absolute Gasteiger partial charge is 0.0991 e. The molecule has 1 saturated heterocycles. The molecule has 1 unspecified atom stereocenters. The van der Waals surface area contributed by atoms with Gasteiger partial charge in [-0.1, -0.05) is 0 Å². The Kier molecular flexibility index (Phi) is 5.63. The van der Waals surface area contributed by atoms with Gasteiger partial charge >= 0.3 is 0 Å². The Labute approximate surface area is 151 Å². The van der Waals surface area contributed by atoms with E-state index >= 15 is 0 Å².